The molecule has 9 heteroatoms. The molecule has 0 aromatic heterocycles. The third-order valence-electron chi connectivity index (χ3n) is 7.03. The van der Waals surface area contributed by atoms with Crippen molar-refractivity contribution in [2.24, 2.45) is 22.7 Å². The largest absolute Gasteiger partial charge is 0.481 e. The molecule has 0 radical (unpaired) electrons. The third-order valence-corrected chi connectivity index (χ3v) is 9.18. The number of rotatable bonds is 8. The first-order chi connectivity index (χ1) is 13.2. The van der Waals surface area contributed by atoms with Gasteiger partial charge in [-0.1, -0.05) is 51.0 Å². The maximum Gasteiger partial charge on any atom is 0.481 e. The lowest BCUT2D eigenvalue weighted by Crippen LogP contribution is -2.49. The molecule has 4 unspecified atom stereocenters. The maximum absolute atomic E-state index is 11.5. The van der Waals surface area contributed by atoms with Gasteiger partial charge in [0, 0.05) is 0 Å². The molecule has 3 N–H and O–H groups in total. The minimum atomic E-state index is -5.09. The van der Waals surface area contributed by atoms with Crippen molar-refractivity contribution in [3.63, 3.8) is 0 Å². The normalized spacial score (nSPS) is 32.5. The van der Waals surface area contributed by atoms with Crippen LogP contribution in [-0.2, 0) is 18.0 Å². The summed E-state index contributed by atoms with van der Waals surface area (Å²) in [4.78, 5) is 26.6. The highest BCUT2D eigenvalue weighted by Crippen LogP contribution is 2.62. The van der Waals surface area contributed by atoms with E-state index in [4.69, 9.17) is 9.79 Å². The molecule has 2 saturated carbocycles. The van der Waals surface area contributed by atoms with Crippen molar-refractivity contribution >= 4 is 15.6 Å². The van der Waals surface area contributed by atoms with Crippen molar-refractivity contribution < 1.29 is 32.6 Å². The molecule has 2 aliphatic rings. The van der Waals surface area contributed by atoms with E-state index in [-0.39, 0.29) is 12.0 Å². The number of phosphoric acid groups is 2. The zero-order valence-corrected chi connectivity index (χ0v) is 19.8. The standard InChI is InChI=1S/C20H36O7P2/c1-15(11-14-26-29(24,25)27-28(21,22)23)7-9-17-16(2)8-10-18-19(3,4)12-6-13-20(17,18)5/h11,17-18H,2,6-10,12-14H2,1,3-5H3,(H,24,25)(H2,21,22,23)/b15-11-. The molecule has 0 bridgehead atoms. The Morgan fingerprint density at radius 3 is 2.52 bits per heavy atom. The Labute approximate surface area is 174 Å². The summed E-state index contributed by atoms with van der Waals surface area (Å²) in [6.07, 6.45) is 9.48. The average molecular weight is 450 g/mol. The number of fused-ring (bicyclic) bond motifs is 1. The highest BCUT2D eigenvalue weighted by atomic mass is 31.3. The van der Waals surface area contributed by atoms with Gasteiger partial charge in [-0.05, 0) is 68.1 Å². The summed E-state index contributed by atoms with van der Waals surface area (Å²) in [6, 6.07) is 0. The van der Waals surface area contributed by atoms with Gasteiger partial charge in [-0.3, -0.25) is 4.52 Å². The van der Waals surface area contributed by atoms with Crippen molar-refractivity contribution in [2.75, 3.05) is 6.61 Å². The van der Waals surface area contributed by atoms with Gasteiger partial charge < -0.3 is 14.7 Å². The molecule has 0 spiro atoms. The lowest BCUT2D eigenvalue weighted by atomic mass is 9.47. The van der Waals surface area contributed by atoms with Crippen molar-refractivity contribution in [3.05, 3.63) is 23.8 Å². The molecule has 7 nitrogen and oxygen atoms in total. The Balaban J connectivity index is 1.97. The Hall–Kier alpha value is -0.260. The minimum absolute atomic E-state index is 0.252. The van der Waals surface area contributed by atoms with Crippen molar-refractivity contribution in [1.82, 2.24) is 0 Å². The minimum Gasteiger partial charge on any atom is -0.302 e. The molecular weight excluding hydrogens is 414 g/mol. The maximum atomic E-state index is 11.5. The molecule has 0 aliphatic heterocycles. The summed E-state index contributed by atoms with van der Waals surface area (Å²) < 4.78 is 30.6. The summed E-state index contributed by atoms with van der Waals surface area (Å²) >= 11 is 0. The Kier molecular flexibility index (Phi) is 7.83. The summed E-state index contributed by atoms with van der Waals surface area (Å²) in [5, 5.41) is 0. The summed E-state index contributed by atoms with van der Waals surface area (Å²) in [5.41, 5.74) is 2.94. The SMILES string of the molecule is C=C1CCC2C(C)(C)CCCC2(C)C1CC/C(C)=C\COP(=O)(O)OP(=O)(O)O. The highest BCUT2D eigenvalue weighted by molar-refractivity contribution is 7.60. The summed E-state index contributed by atoms with van der Waals surface area (Å²) in [6.45, 7) is 13.3. The van der Waals surface area contributed by atoms with Gasteiger partial charge in [0.15, 0.2) is 0 Å². The fraction of sp³-hybridized carbons (Fsp3) is 0.800. The number of phosphoric ester groups is 1. The van der Waals surface area contributed by atoms with Crippen LogP contribution in [0.4, 0.5) is 0 Å². The predicted octanol–water partition coefficient (Wildman–Crippen LogP) is 5.74. The molecule has 168 valence electrons. The first-order valence-corrected chi connectivity index (χ1v) is 13.3. The average Bonchev–Trinajstić information content (AvgIpc) is 2.50. The van der Waals surface area contributed by atoms with Crippen LogP contribution >= 0.6 is 15.6 Å². The van der Waals surface area contributed by atoms with E-state index < -0.39 is 15.6 Å². The third kappa shape index (κ3) is 6.61. The molecule has 2 aliphatic carbocycles. The van der Waals surface area contributed by atoms with Crippen LogP contribution in [0.3, 0.4) is 0 Å². The van der Waals surface area contributed by atoms with Crippen molar-refractivity contribution in [2.45, 2.75) is 72.6 Å². The van der Waals surface area contributed by atoms with E-state index in [9.17, 15) is 14.0 Å². The monoisotopic (exact) mass is 450 g/mol. The van der Waals surface area contributed by atoms with Crippen molar-refractivity contribution in [3.8, 4) is 0 Å². The molecule has 0 saturated heterocycles. The van der Waals surface area contributed by atoms with E-state index >= 15 is 0 Å². The van der Waals surface area contributed by atoms with Gasteiger partial charge in [0.25, 0.3) is 0 Å². The smallest absolute Gasteiger partial charge is 0.302 e. The van der Waals surface area contributed by atoms with Crippen LogP contribution < -0.4 is 0 Å². The first-order valence-electron chi connectivity index (χ1n) is 10.2. The van der Waals surface area contributed by atoms with Gasteiger partial charge in [0.05, 0.1) is 6.61 Å². The quantitative estimate of drug-likeness (QED) is 0.319. The highest BCUT2D eigenvalue weighted by Gasteiger charge is 2.52. The molecular formula is C20H36O7P2. The molecule has 29 heavy (non-hydrogen) atoms. The molecule has 0 heterocycles. The Bertz CT molecular complexity index is 739. The second-order valence-corrected chi connectivity index (χ2v) is 12.4. The fourth-order valence-electron chi connectivity index (χ4n) is 5.71. The predicted molar refractivity (Wildman–Crippen MR) is 113 cm³/mol. The van der Waals surface area contributed by atoms with Gasteiger partial charge in [0.1, 0.15) is 0 Å². The van der Waals surface area contributed by atoms with E-state index in [0.29, 0.717) is 17.3 Å². The van der Waals surface area contributed by atoms with E-state index in [0.717, 1.165) is 24.8 Å². The first kappa shape index (κ1) is 25.0. The van der Waals surface area contributed by atoms with E-state index in [2.05, 4.69) is 36.2 Å². The second-order valence-electron chi connectivity index (χ2n) is 9.58. The molecule has 0 amide bonds. The van der Waals surface area contributed by atoms with E-state index in [1.807, 2.05) is 6.92 Å². The van der Waals surface area contributed by atoms with Crippen LogP contribution in [0.5, 0.6) is 0 Å². The molecule has 2 fully saturated rings. The van der Waals surface area contributed by atoms with Crippen LogP contribution in [0.1, 0.15) is 72.6 Å². The van der Waals surface area contributed by atoms with Crippen LogP contribution in [0.2, 0.25) is 0 Å². The van der Waals surface area contributed by atoms with E-state index in [1.165, 1.54) is 31.3 Å². The van der Waals surface area contributed by atoms with Crippen LogP contribution in [0.15, 0.2) is 23.8 Å². The molecule has 2 rings (SSSR count). The van der Waals surface area contributed by atoms with Gasteiger partial charge >= 0.3 is 15.6 Å². The lowest BCUT2D eigenvalue weighted by Gasteiger charge is -2.58. The zero-order valence-electron chi connectivity index (χ0n) is 18.0. The van der Waals surface area contributed by atoms with Crippen LogP contribution in [0, 0.1) is 22.7 Å². The van der Waals surface area contributed by atoms with Gasteiger partial charge in [-0.2, -0.15) is 4.31 Å². The Morgan fingerprint density at radius 2 is 1.90 bits per heavy atom. The number of allylic oxidation sites excluding steroid dienone is 2. The lowest BCUT2D eigenvalue weighted by molar-refractivity contribution is -0.0539. The zero-order chi connectivity index (χ0) is 22.1. The van der Waals surface area contributed by atoms with E-state index in [1.54, 1.807) is 6.08 Å². The fourth-order valence-corrected chi connectivity index (χ4v) is 7.24. The van der Waals surface area contributed by atoms with Crippen molar-refractivity contribution in [1.29, 1.82) is 0 Å². The molecule has 0 aromatic carbocycles. The molecule has 0 aromatic rings. The van der Waals surface area contributed by atoms with Gasteiger partial charge in [-0.15, -0.1) is 0 Å². The number of hydrogen-bond acceptors (Lipinski definition) is 4. The van der Waals surface area contributed by atoms with Crippen LogP contribution in [-0.4, -0.2) is 21.3 Å². The second kappa shape index (κ2) is 9.08. The summed E-state index contributed by atoms with van der Waals surface area (Å²) in [7, 11) is -9.88. The summed E-state index contributed by atoms with van der Waals surface area (Å²) in [5.74, 6) is 1.14. The topological polar surface area (TPSA) is 113 Å². The molecule has 4 atom stereocenters. The van der Waals surface area contributed by atoms with Gasteiger partial charge in [0.2, 0.25) is 0 Å². The van der Waals surface area contributed by atoms with Gasteiger partial charge in [-0.25, -0.2) is 9.13 Å². The number of hydrogen-bond donors (Lipinski definition) is 3. The Morgan fingerprint density at radius 1 is 1.24 bits per heavy atom. The van der Waals surface area contributed by atoms with Crippen LogP contribution in [0.25, 0.3) is 0 Å².